The van der Waals surface area contributed by atoms with Gasteiger partial charge in [-0.05, 0) is 53.7 Å². The molecular weight excluding hydrogens is 228 g/mol. The van der Waals surface area contributed by atoms with Gasteiger partial charge in [-0.25, -0.2) is 0 Å². The number of thioether (sulfide) groups is 1. The Morgan fingerprint density at radius 2 is 2.00 bits per heavy atom. The Morgan fingerprint density at radius 1 is 1.18 bits per heavy atom. The number of rotatable bonds is 3. The fourth-order valence-electron chi connectivity index (χ4n) is 2.93. The lowest BCUT2D eigenvalue weighted by Gasteiger charge is -2.30. The van der Waals surface area contributed by atoms with Crippen molar-refractivity contribution in [1.29, 1.82) is 0 Å². The highest BCUT2D eigenvalue weighted by Gasteiger charge is 2.29. The summed E-state index contributed by atoms with van der Waals surface area (Å²) in [6.07, 6.45) is 4.91. The molecule has 1 aromatic carbocycles. The summed E-state index contributed by atoms with van der Waals surface area (Å²) < 4.78 is 0. The second kappa shape index (κ2) is 5.03. The normalized spacial score (nSPS) is 26.8. The lowest BCUT2D eigenvalue weighted by Crippen LogP contribution is -2.17. The molecule has 0 spiro atoms. The molecule has 0 radical (unpaired) electrons. The summed E-state index contributed by atoms with van der Waals surface area (Å²) in [7, 11) is 0. The van der Waals surface area contributed by atoms with Gasteiger partial charge in [-0.2, -0.15) is 11.8 Å². The SMILES string of the molecule is OC(c1ccccc1C1CCC1)C1CCSC1. The van der Waals surface area contributed by atoms with Crippen LogP contribution in [-0.4, -0.2) is 16.6 Å². The molecule has 0 aromatic heterocycles. The summed E-state index contributed by atoms with van der Waals surface area (Å²) >= 11 is 1.98. The van der Waals surface area contributed by atoms with Crippen molar-refractivity contribution in [1.82, 2.24) is 0 Å². The molecular formula is C15H20OS. The van der Waals surface area contributed by atoms with Crippen LogP contribution >= 0.6 is 11.8 Å². The molecule has 2 unspecified atom stereocenters. The highest BCUT2D eigenvalue weighted by atomic mass is 32.2. The van der Waals surface area contributed by atoms with E-state index in [1.807, 2.05) is 11.8 Å². The molecule has 0 amide bonds. The van der Waals surface area contributed by atoms with E-state index in [1.165, 1.54) is 42.6 Å². The predicted octanol–water partition coefficient (Wildman–Crippen LogP) is 3.74. The molecule has 1 saturated carbocycles. The van der Waals surface area contributed by atoms with Crippen molar-refractivity contribution in [2.45, 2.75) is 37.7 Å². The van der Waals surface area contributed by atoms with E-state index in [0.29, 0.717) is 5.92 Å². The van der Waals surface area contributed by atoms with Crippen LogP contribution in [-0.2, 0) is 0 Å². The van der Waals surface area contributed by atoms with Crippen LogP contribution in [0.15, 0.2) is 24.3 Å². The summed E-state index contributed by atoms with van der Waals surface area (Å²) in [5, 5.41) is 10.6. The molecule has 1 saturated heterocycles. The van der Waals surface area contributed by atoms with Crippen LogP contribution in [0.5, 0.6) is 0 Å². The van der Waals surface area contributed by atoms with Crippen LogP contribution < -0.4 is 0 Å². The molecule has 2 atom stereocenters. The molecule has 0 bridgehead atoms. The third-order valence-electron chi connectivity index (χ3n) is 4.27. The van der Waals surface area contributed by atoms with Gasteiger partial charge in [-0.3, -0.25) is 0 Å². The average Bonchev–Trinajstić information content (AvgIpc) is 2.80. The highest BCUT2D eigenvalue weighted by molar-refractivity contribution is 7.99. The lowest BCUT2D eigenvalue weighted by atomic mass is 9.76. The zero-order valence-electron chi connectivity index (χ0n) is 10.1. The molecule has 17 heavy (non-hydrogen) atoms. The van der Waals surface area contributed by atoms with Crippen LogP contribution in [0.1, 0.15) is 48.8 Å². The van der Waals surface area contributed by atoms with Crippen molar-refractivity contribution in [2.75, 3.05) is 11.5 Å². The zero-order chi connectivity index (χ0) is 11.7. The van der Waals surface area contributed by atoms with Gasteiger partial charge in [0.2, 0.25) is 0 Å². The van der Waals surface area contributed by atoms with E-state index in [-0.39, 0.29) is 6.10 Å². The molecule has 1 nitrogen and oxygen atoms in total. The monoisotopic (exact) mass is 248 g/mol. The van der Waals surface area contributed by atoms with E-state index in [9.17, 15) is 5.11 Å². The first-order valence-corrected chi connectivity index (χ1v) is 7.86. The van der Waals surface area contributed by atoms with Crippen molar-refractivity contribution >= 4 is 11.8 Å². The molecule has 2 fully saturated rings. The minimum atomic E-state index is -0.234. The number of benzene rings is 1. The fraction of sp³-hybridized carbons (Fsp3) is 0.600. The maximum atomic E-state index is 10.6. The largest absolute Gasteiger partial charge is 0.388 e. The smallest absolute Gasteiger partial charge is 0.0829 e. The molecule has 1 heterocycles. The third kappa shape index (κ3) is 2.25. The third-order valence-corrected chi connectivity index (χ3v) is 5.46. The Morgan fingerprint density at radius 3 is 2.65 bits per heavy atom. The van der Waals surface area contributed by atoms with Crippen molar-refractivity contribution in [2.24, 2.45) is 5.92 Å². The van der Waals surface area contributed by atoms with Crippen LogP contribution in [0.4, 0.5) is 0 Å². The Bertz CT molecular complexity index is 380. The molecule has 1 N–H and O–H groups in total. The van der Waals surface area contributed by atoms with E-state index in [1.54, 1.807) is 0 Å². The number of hydrogen-bond acceptors (Lipinski definition) is 2. The van der Waals surface area contributed by atoms with Gasteiger partial charge in [-0.15, -0.1) is 0 Å². The summed E-state index contributed by atoms with van der Waals surface area (Å²) in [5.41, 5.74) is 2.63. The number of hydrogen-bond donors (Lipinski definition) is 1. The molecule has 2 heteroatoms. The molecule has 1 aliphatic carbocycles. The van der Waals surface area contributed by atoms with E-state index in [0.717, 1.165) is 11.7 Å². The predicted molar refractivity (Wildman–Crippen MR) is 73.4 cm³/mol. The lowest BCUT2D eigenvalue weighted by molar-refractivity contribution is 0.119. The van der Waals surface area contributed by atoms with E-state index < -0.39 is 0 Å². The van der Waals surface area contributed by atoms with Crippen molar-refractivity contribution in [3.05, 3.63) is 35.4 Å². The molecule has 1 aliphatic heterocycles. The van der Waals surface area contributed by atoms with Crippen molar-refractivity contribution in [3.8, 4) is 0 Å². The first-order valence-electron chi connectivity index (χ1n) is 6.71. The van der Waals surface area contributed by atoms with Crippen LogP contribution in [0.2, 0.25) is 0 Å². The fourth-order valence-corrected chi connectivity index (χ4v) is 4.21. The maximum Gasteiger partial charge on any atom is 0.0829 e. The molecule has 3 rings (SSSR count). The zero-order valence-corrected chi connectivity index (χ0v) is 11.0. The van der Waals surface area contributed by atoms with Crippen LogP contribution in [0.25, 0.3) is 0 Å². The molecule has 92 valence electrons. The van der Waals surface area contributed by atoms with Gasteiger partial charge in [0, 0.05) is 0 Å². The van der Waals surface area contributed by atoms with Gasteiger partial charge in [0.05, 0.1) is 6.10 Å². The van der Waals surface area contributed by atoms with E-state index in [2.05, 4.69) is 24.3 Å². The topological polar surface area (TPSA) is 20.2 Å². The highest BCUT2D eigenvalue weighted by Crippen LogP contribution is 2.42. The summed E-state index contributed by atoms with van der Waals surface area (Å²) in [6.45, 7) is 0. The quantitative estimate of drug-likeness (QED) is 0.879. The van der Waals surface area contributed by atoms with Gasteiger partial charge in [0.1, 0.15) is 0 Å². The van der Waals surface area contributed by atoms with Gasteiger partial charge < -0.3 is 5.11 Å². The van der Waals surface area contributed by atoms with Gasteiger partial charge in [0.25, 0.3) is 0 Å². The summed E-state index contributed by atoms with van der Waals surface area (Å²) in [4.78, 5) is 0. The first kappa shape index (κ1) is 11.6. The Labute approximate surface area is 108 Å². The van der Waals surface area contributed by atoms with Crippen molar-refractivity contribution < 1.29 is 5.11 Å². The molecule has 2 aliphatic rings. The Hall–Kier alpha value is -0.470. The maximum absolute atomic E-state index is 10.6. The Kier molecular flexibility index (Phi) is 3.44. The minimum absolute atomic E-state index is 0.234. The average molecular weight is 248 g/mol. The van der Waals surface area contributed by atoms with E-state index >= 15 is 0 Å². The van der Waals surface area contributed by atoms with E-state index in [4.69, 9.17) is 0 Å². The summed E-state index contributed by atoms with van der Waals surface area (Å²) in [6, 6.07) is 8.56. The number of aliphatic hydroxyl groups is 1. The van der Waals surface area contributed by atoms with Crippen LogP contribution in [0, 0.1) is 5.92 Å². The second-order valence-electron chi connectivity index (χ2n) is 5.33. The second-order valence-corrected chi connectivity index (χ2v) is 6.48. The summed E-state index contributed by atoms with van der Waals surface area (Å²) in [5.74, 6) is 3.53. The van der Waals surface area contributed by atoms with Crippen LogP contribution in [0.3, 0.4) is 0 Å². The van der Waals surface area contributed by atoms with Crippen molar-refractivity contribution in [3.63, 3.8) is 0 Å². The van der Waals surface area contributed by atoms with Gasteiger partial charge in [-0.1, -0.05) is 30.7 Å². The Balaban J connectivity index is 1.84. The molecule has 1 aromatic rings. The van der Waals surface area contributed by atoms with Gasteiger partial charge >= 0.3 is 0 Å². The standard InChI is InChI=1S/C15H20OS/c16-15(12-8-9-17-10-12)14-7-2-1-6-13(14)11-4-3-5-11/h1-2,6-7,11-12,15-16H,3-5,8-10H2. The number of aliphatic hydroxyl groups excluding tert-OH is 1. The first-order chi connectivity index (χ1) is 8.36. The minimum Gasteiger partial charge on any atom is -0.388 e. The van der Waals surface area contributed by atoms with Gasteiger partial charge in [0.15, 0.2) is 0 Å².